The van der Waals surface area contributed by atoms with Crippen molar-refractivity contribution in [3.63, 3.8) is 0 Å². The molecule has 20 heavy (non-hydrogen) atoms. The average molecular weight is 293 g/mol. The number of benzene rings is 1. The number of amides is 3. The van der Waals surface area contributed by atoms with E-state index in [9.17, 15) is 9.59 Å². The number of anilines is 1. The van der Waals surface area contributed by atoms with Gasteiger partial charge in [0.25, 0.3) is 5.91 Å². The van der Waals surface area contributed by atoms with Crippen LogP contribution >= 0.6 is 11.6 Å². The average Bonchev–Trinajstić information content (AvgIpc) is 2.76. The second-order valence-corrected chi connectivity index (χ2v) is 5.86. The summed E-state index contributed by atoms with van der Waals surface area (Å²) in [6, 6.07) is 6.19. The highest BCUT2D eigenvalue weighted by Gasteiger charge is 2.43. The summed E-state index contributed by atoms with van der Waals surface area (Å²) in [6.07, 6.45) is 5.51. The Morgan fingerprint density at radius 3 is 2.50 bits per heavy atom. The Balaban J connectivity index is 1.85. The molecule has 3 amide bonds. The maximum Gasteiger partial charge on any atom is 0.329 e. The first-order chi connectivity index (χ1) is 9.68. The molecule has 1 N–H and O–H groups in total. The van der Waals surface area contributed by atoms with E-state index >= 15 is 0 Å². The first kappa shape index (κ1) is 13.4. The van der Waals surface area contributed by atoms with Gasteiger partial charge in [0.1, 0.15) is 6.04 Å². The van der Waals surface area contributed by atoms with Crippen LogP contribution in [-0.2, 0) is 4.79 Å². The summed E-state index contributed by atoms with van der Waals surface area (Å²) in [4.78, 5) is 25.9. The van der Waals surface area contributed by atoms with Crippen molar-refractivity contribution < 1.29 is 9.59 Å². The second kappa shape index (κ2) is 5.44. The summed E-state index contributed by atoms with van der Waals surface area (Å²) in [5.41, 5.74) is 0.468. The summed E-state index contributed by atoms with van der Waals surface area (Å²) >= 11 is 6.09. The zero-order valence-electron chi connectivity index (χ0n) is 11.1. The summed E-state index contributed by atoms with van der Waals surface area (Å²) in [7, 11) is 0. The lowest BCUT2D eigenvalue weighted by atomic mass is 9.84. The van der Waals surface area contributed by atoms with Crippen molar-refractivity contribution in [2.75, 3.05) is 4.90 Å². The molecule has 1 aliphatic carbocycles. The van der Waals surface area contributed by atoms with Crippen molar-refractivity contribution in [3.05, 3.63) is 29.3 Å². The van der Waals surface area contributed by atoms with Crippen molar-refractivity contribution in [2.24, 2.45) is 5.92 Å². The van der Waals surface area contributed by atoms with E-state index in [0.717, 1.165) is 25.7 Å². The number of urea groups is 1. The minimum atomic E-state index is -0.390. The van der Waals surface area contributed by atoms with Gasteiger partial charge in [0.2, 0.25) is 0 Å². The summed E-state index contributed by atoms with van der Waals surface area (Å²) < 4.78 is 0. The van der Waals surface area contributed by atoms with Gasteiger partial charge in [0.05, 0.1) is 10.7 Å². The third-order valence-electron chi connectivity index (χ3n) is 4.18. The highest BCUT2D eigenvalue weighted by Crippen LogP contribution is 2.33. The molecule has 106 valence electrons. The first-order valence-electron chi connectivity index (χ1n) is 7.07. The van der Waals surface area contributed by atoms with Gasteiger partial charge in [-0.15, -0.1) is 0 Å². The molecule has 1 saturated carbocycles. The SMILES string of the molecule is O=C1NC(C2CCCCC2)C(=O)N1c1ccccc1Cl. The minimum Gasteiger partial charge on any atom is -0.325 e. The lowest BCUT2D eigenvalue weighted by Gasteiger charge is -2.25. The number of nitrogens with one attached hydrogen (secondary N) is 1. The number of para-hydroxylation sites is 1. The number of carbonyl (C=O) groups is 2. The van der Waals surface area contributed by atoms with Gasteiger partial charge in [-0.3, -0.25) is 4.79 Å². The van der Waals surface area contributed by atoms with Gasteiger partial charge < -0.3 is 5.32 Å². The smallest absolute Gasteiger partial charge is 0.325 e. The molecule has 0 bridgehead atoms. The molecule has 2 fully saturated rings. The van der Waals surface area contributed by atoms with Crippen LogP contribution in [-0.4, -0.2) is 18.0 Å². The first-order valence-corrected chi connectivity index (χ1v) is 7.45. The maximum atomic E-state index is 12.6. The van der Waals surface area contributed by atoms with Gasteiger partial charge in [0, 0.05) is 0 Å². The zero-order valence-corrected chi connectivity index (χ0v) is 11.9. The van der Waals surface area contributed by atoms with Crippen LogP contribution in [0.1, 0.15) is 32.1 Å². The third kappa shape index (κ3) is 2.29. The van der Waals surface area contributed by atoms with Crippen molar-refractivity contribution in [1.82, 2.24) is 5.32 Å². The fourth-order valence-electron chi connectivity index (χ4n) is 3.15. The van der Waals surface area contributed by atoms with Gasteiger partial charge in [0.15, 0.2) is 0 Å². The minimum absolute atomic E-state index is 0.171. The van der Waals surface area contributed by atoms with E-state index in [2.05, 4.69) is 5.32 Å². The van der Waals surface area contributed by atoms with Crippen molar-refractivity contribution in [1.29, 1.82) is 0 Å². The molecule has 0 radical (unpaired) electrons. The number of halogens is 1. The quantitative estimate of drug-likeness (QED) is 0.850. The van der Waals surface area contributed by atoms with Crippen LogP contribution in [0.3, 0.4) is 0 Å². The molecular formula is C15H17ClN2O2. The van der Waals surface area contributed by atoms with E-state index in [-0.39, 0.29) is 23.9 Å². The van der Waals surface area contributed by atoms with Crippen LogP contribution in [0, 0.1) is 5.92 Å². The van der Waals surface area contributed by atoms with E-state index in [1.807, 2.05) is 0 Å². The molecule has 1 aliphatic heterocycles. The summed E-state index contributed by atoms with van der Waals surface area (Å²) in [5, 5.41) is 3.24. The molecular weight excluding hydrogens is 276 g/mol. The molecule has 3 rings (SSSR count). The second-order valence-electron chi connectivity index (χ2n) is 5.45. The highest BCUT2D eigenvalue weighted by molar-refractivity contribution is 6.35. The van der Waals surface area contributed by atoms with Crippen LogP contribution < -0.4 is 10.2 Å². The van der Waals surface area contributed by atoms with Gasteiger partial charge in [-0.05, 0) is 30.9 Å². The number of hydrogen-bond donors (Lipinski definition) is 1. The van der Waals surface area contributed by atoms with Crippen LogP contribution in [0.5, 0.6) is 0 Å². The van der Waals surface area contributed by atoms with Crippen molar-refractivity contribution in [2.45, 2.75) is 38.1 Å². The number of carbonyl (C=O) groups excluding carboxylic acids is 2. The van der Waals surface area contributed by atoms with Gasteiger partial charge in [-0.25, -0.2) is 9.69 Å². The standard InChI is InChI=1S/C15H17ClN2O2/c16-11-8-4-5-9-12(11)18-14(19)13(17-15(18)20)10-6-2-1-3-7-10/h4-5,8-10,13H,1-3,6-7H2,(H,17,20). The van der Waals surface area contributed by atoms with Crippen molar-refractivity contribution in [3.8, 4) is 0 Å². The van der Waals surface area contributed by atoms with Gasteiger partial charge in [-0.1, -0.05) is 43.0 Å². The Morgan fingerprint density at radius 1 is 1.10 bits per heavy atom. The predicted molar refractivity (Wildman–Crippen MR) is 77.8 cm³/mol. The third-order valence-corrected chi connectivity index (χ3v) is 4.50. The van der Waals surface area contributed by atoms with E-state index < -0.39 is 0 Å². The fraction of sp³-hybridized carbons (Fsp3) is 0.467. The lowest BCUT2D eigenvalue weighted by Crippen LogP contribution is -2.38. The highest BCUT2D eigenvalue weighted by atomic mass is 35.5. The van der Waals surface area contributed by atoms with Crippen LogP contribution in [0.15, 0.2) is 24.3 Å². The summed E-state index contributed by atoms with van der Waals surface area (Å²) in [5.74, 6) is 0.0858. The largest absolute Gasteiger partial charge is 0.329 e. The van der Waals surface area contributed by atoms with Gasteiger partial charge in [-0.2, -0.15) is 0 Å². The molecule has 1 aromatic rings. The van der Waals surface area contributed by atoms with Crippen molar-refractivity contribution >= 4 is 29.2 Å². The van der Waals surface area contributed by atoms with E-state index in [0.29, 0.717) is 10.7 Å². The Kier molecular flexibility index (Phi) is 3.66. The van der Waals surface area contributed by atoms with Crippen LogP contribution in [0.2, 0.25) is 5.02 Å². The topological polar surface area (TPSA) is 49.4 Å². The molecule has 1 unspecified atom stereocenters. The fourth-order valence-corrected chi connectivity index (χ4v) is 3.37. The Labute approximate surface area is 123 Å². The number of hydrogen-bond acceptors (Lipinski definition) is 2. The molecule has 1 aromatic carbocycles. The number of imide groups is 1. The molecule has 2 aliphatic rings. The Hall–Kier alpha value is -1.55. The molecule has 1 saturated heterocycles. The van der Waals surface area contributed by atoms with Crippen LogP contribution in [0.25, 0.3) is 0 Å². The van der Waals surface area contributed by atoms with Gasteiger partial charge >= 0.3 is 6.03 Å². The van der Waals surface area contributed by atoms with E-state index in [1.54, 1.807) is 24.3 Å². The summed E-state index contributed by atoms with van der Waals surface area (Å²) in [6.45, 7) is 0. The number of rotatable bonds is 2. The molecule has 1 atom stereocenters. The molecule has 0 aromatic heterocycles. The lowest BCUT2D eigenvalue weighted by molar-refractivity contribution is -0.119. The monoisotopic (exact) mass is 292 g/mol. The Morgan fingerprint density at radius 2 is 1.80 bits per heavy atom. The molecule has 5 heteroatoms. The molecule has 0 spiro atoms. The zero-order chi connectivity index (χ0) is 14.1. The molecule has 1 heterocycles. The number of nitrogens with zero attached hydrogens (tertiary/aromatic N) is 1. The Bertz CT molecular complexity index is 540. The van der Waals surface area contributed by atoms with E-state index in [1.165, 1.54) is 11.3 Å². The maximum absolute atomic E-state index is 12.6. The predicted octanol–water partition coefficient (Wildman–Crippen LogP) is 3.35. The normalized spacial score (nSPS) is 24.1. The van der Waals surface area contributed by atoms with E-state index in [4.69, 9.17) is 11.6 Å². The molecule has 4 nitrogen and oxygen atoms in total. The van der Waals surface area contributed by atoms with Crippen LogP contribution in [0.4, 0.5) is 10.5 Å².